The molecule has 0 heterocycles. The molecule has 29 heavy (non-hydrogen) atoms. The fourth-order valence-corrected chi connectivity index (χ4v) is 2.38. The molecule has 0 saturated heterocycles. The fourth-order valence-electron chi connectivity index (χ4n) is 1.98. The summed E-state index contributed by atoms with van der Waals surface area (Å²) in [5.74, 6) is -0.167. The van der Waals surface area contributed by atoms with Gasteiger partial charge in [0.05, 0.1) is 40.8 Å². The Morgan fingerprint density at radius 2 is 1.69 bits per heavy atom. The number of aliphatic hydroxyl groups is 1. The van der Waals surface area contributed by atoms with E-state index in [-0.39, 0.29) is 25.0 Å². The van der Waals surface area contributed by atoms with Crippen molar-refractivity contribution in [3.63, 3.8) is 0 Å². The van der Waals surface area contributed by atoms with Gasteiger partial charge in [-0.1, -0.05) is 27.7 Å². The molecule has 0 bridgehead atoms. The lowest BCUT2D eigenvalue weighted by molar-refractivity contribution is -0.873. The van der Waals surface area contributed by atoms with Crippen molar-refractivity contribution in [2.75, 3.05) is 68.3 Å². The lowest BCUT2D eigenvalue weighted by Gasteiger charge is -2.26. The zero-order chi connectivity index (χ0) is 23.3. The van der Waals surface area contributed by atoms with Crippen LogP contribution in [0, 0.1) is 0 Å². The van der Waals surface area contributed by atoms with E-state index >= 15 is 0 Å². The summed E-state index contributed by atoms with van der Waals surface area (Å²) in [6.07, 6.45) is -0.196. The predicted molar refractivity (Wildman–Crippen MR) is 118 cm³/mol. The van der Waals surface area contributed by atoms with Gasteiger partial charge >= 0.3 is 8.60 Å². The Morgan fingerprint density at radius 1 is 1.10 bits per heavy atom. The van der Waals surface area contributed by atoms with Gasteiger partial charge < -0.3 is 38.3 Å². The summed E-state index contributed by atoms with van der Waals surface area (Å²) >= 11 is 0. The predicted octanol–water partition coefficient (Wildman–Crippen LogP) is 1.92. The number of likely N-dealkylation sites (N-methyl/N-ethyl adjacent to an activating group) is 1. The molecule has 1 amide bonds. The summed E-state index contributed by atoms with van der Waals surface area (Å²) < 4.78 is 20.9. The highest BCUT2D eigenvalue weighted by Gasteiger charge is 2.18. The number of hydrogen-bond donors (Lipinski definition) is 3. The molecule has 0 aromatic heterocycles. The van der Waals surface area contributed by atoms with Gasteiger partial charge in [0.2, 0.25) is 5.91 Å². The molecule has 0 spiro atoms. The zero-order valence-corrected chi connectivity index (χ0v) is 20.8. The maximum Gasteiger partial charge on any atom is 0.329 e. The zero-order valence-electron chi connectivity index (χ0n) is 19.9. The average molecular weight is 446 g/mol. The molecule has 0 saturated carbocycles. The van der Waals surface area contributed by atoms with E-state index in [1.165, 1.54) is 14.2 Å². The van der Waals surface area contributed by atoms with Crippen molar-refractivity contribution < 1.29 is 37.8 Å². The molecular formula is C19H46N2O7P+. The van der Waals surface area contributed by atoms with Crippen molar-refractivity contribution in [1.29, 1.82) is 0 Å². The van der Waals surface area contributed by atoms with E-state index in [9.17, 15) is 14.8 Å². The molecule has 0 fully saturated rings. The number of hydrogen-bond acceptors (Lipinski definition) is 7. The number of carbonyl (C=O) groups excluding carboxylic acids is 1. The molecule has 10 heteroatoms. The minimum absolute atomic E-state index is 0.100. The number of amides is 1. The van der Waals surface area contributed by atoms with Crippen LogP contribution in [-0.4, -0.2) is 101 Å². The van der Waals surface area contributed by atoms with Crippen LogP contribution in [0.15, 0.2) is 0 Å². The minimum Gasteiger partial charge on any atom is -0.387 e. The van der Waals surface area contributed by atoms with Gasteiger partial charge in [0.1, 0.15) is 18.8 Å². The molecule has 0 aromatic rings. The molecule has 3 atom stereocenters. The Balaban J connectivity index is -0.00000158. The first-order valence-corrected chi connectivity index (χ1v) is 11.3. The van der Waals surface area contributed by atoms with Crippen LogP contribution in [0.25, 0.3) is 0 Å². The molecule has 0 aliphatic carbocycles. The van der Waals surface area contributed by atoms with Gasteiger partial charge in [-0.25, -0.2) is 0 Å². The largest absolute Gasteiger partial charge is 0.387 e. The number of methoxy groups -OCH3 is 1. The van der Waals surface area contributed by atoms with E-state index < -0.39 is 14.7 Å². The second-order valence-electron chi connectivity index (χ2n) is 6.68. The first-order valence-electron chi connectivity index (χ1n) is 10.2. The van der Waals surface area contributed by atoms with Crippen molar-refractivity contribution >= 4 is 14.5 Å². The molecule has 0 rings (SSSR count). The van der Waals surface area contributed by atoms with E-state index in [1.807, 2.05) is 48.8 Å². The second-order valence-corrected chi connectivity index (χ2v) is 7.78. The number of carbonyl (C=O) groups is 1. The van der Waals surface area contributed by atoms with Crippen LogP contribution >= 0.6 is 8.60 Å². The van der Waals surface area contributed by atoms with Gasteiger partial charge in [-0.05, 0) is 6.42 Å². The van der Waals surface area contributed by atoms with Crippen LogP contribution in [0.4, 0.5) is 0 Å². The topological polar surface area (TPSA) is 106 Å². The summed E-state index contributed by atoms with van der Waals surface area (Å²) in [6, 6.07) is 0. The highest BCUT2D eigenvalue weighted by Crippen LogP contribution is 2.31. The van der Waals surface area contributed by atoms with Crippen molar-refractivity contribution in [2.45, 2.75) is 52.7 Å². The number of nitrogens with zero attached hydrogens (tertiary/aromatic N) is 1. The lowest BCUT2D eigenvalue weighted by atomic mass is 10.2. The van der Waals surface area contributed by atoms with Crippen LogP contribution in [0.2, 0.25) is 0 Å². The van der Waals surface area contributed by atoms with Crippen LogP contribution in [0.5, 0.6) is 0 Å². The molecule has 178 valence electrons. The molecule has 3 unspecified atom stereocenters. The van der Waals surface area contributed by atoms with Crippen molar-refractivity contribution in [3.8, 4) is 0 Å². The lowest BCUT2D eigenvalue weighted by Crippen LogP contribution is -2.43. The second kappa shape index (κ2) is 22.3. The number of aliphatic hydroxyl groups excluding tert-OH is 1. The van der Waals surface area contributed by atoms with Crippen LogP contribution in [-0.2, 0) is 23.3 Å². The Morgan fingerprint density at radius 3 is 2.17 bits per heavy atom. The molecule has 9 nitrogen and oxygen atoms in total. The van der Waals surface area contributed by atoms with Crippen LogP contribution in [0.3, 0.4) is 0 Å². The van der Waals surface area contributed by atoms with E-state index in [0.29, 0.717) is 37.2 Å². The highest BCUT2D eigenvalue weighted by molar-refractivity contribution is 7.40. The van der Waals surface area contributed by atoms with Crippen LogP contribution < -0.4 is 5.32 Å². The molecule has 0 aliphatic heterocycles. The Labute approximate surface area is 179 Å². The number of quaternary nitrogens is 1. The molecule has 0 aromatic carbocycles. The van der Waals surface area contributed by atoms with E-state index in [1.54, 1.807) is 0 Å². The van der Waals surface area contributed by atoms with Gasteiger partial charge in [0.15, 0.2) is 0 Å². The number of nitrogens with one attached hydrogen (secondary N) is 1. The van der Waals surface area contributed by atoms with Crippen LogP contribution in [0.1, 0.15) is 40.5 Å². The standard InChI is InChI=1S/C15H33N2O7P.2C2H6/c1-17(2,3)10-13(18)9-15(19)16-7-6-8-23-11-14(21-4)12-24-25(20)22-5;2*1-2/h13-14,18,20H,6-12H2,1-5H3;2*1-2H3/p+1. The van der Waals surface area contributed by atoms with E-state index in [2.05, 4.69) is 9.84 Å². The Hall–Kier alpha value is -0.380. The summed E-state index contributed by atoms with van der Waals surface area (Å²) in [5, 5.41) is 12.6. The highest BCUT2D eigenvalue weighted by atomic mass is 31.2. The normalized spacial score (nSPS) is 13.9. The summed E-state index contributed by atoms with van der Waals surface area (Å²) in [5.41, 5.74) is 0. The molecule has 0 aliphatic rings. The molecule has 0 radical (unpaired) electrons. The third-order valence-corrected chi connectivity index (χ3v) is 3.81. The Bertz CT molecular complexity index is 358. The van der Waals surface area contributed by atoms with Gasteiger partial charge in [0.25, 0.3) is 0 Å². The summed E-state index contributed by atoms with van der Waals surface area (Å²) in [4.78, 5) is 20.9. The first kappa shape index (κ1) is 33.3. The third kappa shape index (κ3) is 25.6. The summed E-state index contributed by atoms with van der Waals surface area (Å²) in [7, 11) is 6.92. The SMILES string of the molecule is CC.CC.COC(COCCCNC(=O)CC(O)C[N+](C)(C)C)COP(O)OC. The third-order valence-electron chi connectivity index (χ3n) is 3.13. The minimum atomic E-state index is -1.87. The average Bonchev–Trinajstić information content (AvgIpc) is 2.68. The number of rotatable bonds is 15. The van der Waals surface area contributed by atoms with Gasteiger partial charge in [0, 0.05) is 27.4 Å². The summed E-state index contributed by atoms with van der Waals surface area (Å²) in [6.45, 7) is 9.96. The molecular weight excluding hydrogens is 399 g/mol. The van der Waals surface area contributed by atoms with E-state index in [0.717, 1.165) is 0 Å². The van der Waals surface area contributed by atoms with Gasteiger partial charge in [-0.3, -0.25) is 4.79 Å². The maximum atomic E-state index is 11.7. The van der Waals surface area contributed by atoms with Crippen molar-refractivity contribution in [2.24, 2.45) is 0 Å². The smallest absolute Gasteiger partial charge is 0.329 e. The maximum absolute atomic E-state index is 11.7. The van der Waals surface area contributed by atoms with Crippen molar-refractivity contribution in [3.05, 3.63) is 0 Å². The molecule has 3 N–H and O–H groups in total. The quantitative estimate of drug-likeness (QED) is 0.201. The van der Waals surface area contributed by atoms with Crippen molar-refractivity contribution in [1.82, 2.24) is 5.32 Å². The number of ether oxygens (including phenoxy) is 2. The van der Waals surface area contributed by atoms with E-state index in [4.69, 9.17) is 14.0 Å². The fraction of sp³-hybridized carbons (Fsp3) is 0.947. The monoisotopic (exact) mass is 445 g/mol. The van der Waals surface area contributed by atoms with Gasteiger partial charge in [-0.2, -0.15) is 0 Å². The van der Waals surface area contributed by atoms with Gasteiger partial charge in [-0.15, -0.1) is 0 Å². The first-order chi connectivity index (χ1) is 13.7. The Kier molecular flexibility index (Phi) is 25.6.